The van der Waals surface area contributed by atoms with Crippen LogP contribution in [0.1, 0.15) is 23.2 Å². The van der Waals surface area contributed by atoms with Crippen molar-refractivity contribution in [2.24, 2.45) is 0 Å². The van der Waals surface area contributed by atoms with Gasteiger partial charge in [0.25, 0.3) is 5.88 Å². The van der Waals surface area contributed by atoms with Crippen LogP contribution in [0.15, 0.2) is 0 Å². The van der Waals surface area contributed by atoms with Gasteiger partial charge < -0.3 is 14.2 Å². The number of aromatic nitrogens is 2. The smallest absolute Gasteiger partial charge is 0.251 e. The first-order valence-corrected chi connectivity index (χ1v) is 6.14. The van der Waals surface area contributed by atoms with Gasteiger partial charge in [0, 0.05) is 20.3 Å². The molecule has 0 aromatic carbocycles. The second-order valence-electron chi connectivity index (χ2n) is 4.01. The molecule has 0 aliphatic carbocycles. The number of hydrogen-bond acceptors (Lipinski definition) is 6. The fraction of sp³-hybridized carbons (Fsp3) is 0.615. The molecule has 0 spiro atoms. The highest BCUT2D eigenvalue weighted by atomic mass is 16.5. The van der Waals surface area contributed by atoms with Gasteiger partial charge in [0.05, 0.1) is 12.3 Å². The van der Waals surface area contributed by atoms with Crippen LogP contribution in [0.4, 0.5) is 0 Å². The van der Waals surface area contributed by atoms with E-state index in [0.29, 0.717) is 32.0 Å². The Morgan fingerprint density at radius 3 is 2.58 bits per heavy atom. The van der Waals surface area contributed by atoms with Crippen LogP contribution in [-0.2, 0) is 9.47 Å². The quantitative estimate of drug-likeness (QED) is 0.661. The SMILES string of the molecule is COCCCOCCOc1nnc(C)c(C)c1C#N. The third-order valence-corrected chi connectivity index (χ3v) is 2.64. The van der Waals surface area contributed by atoms with Crippen LogP contribution in [0.5, 0.6) is 5.88 Å². The minimum absolute atomic E-state index is 0.270. The number of nitrogens with zero attached hydrogens (tertiary/aromatic N) is 3. The van der Waals surface area contributed by atoms with Crippen molar-refractivity contribution >= 4 is 0 Å². The summed E-state index contributed by atoms with van der Waals surface area (Å²) in [5.74, 6) is 0.270. The van der Waals surface area contributed by atoms with Gasteiger partial charge in [-0.3, -0.25) is 0 Å². The van der Waals surface area contributed by atoms with Gasteiger partial charge in [0.15, 0.2) is 0 Å². The number of aryl methyl sites for hydroxylation is 1. The third-order valence-electron chi connectivity index (χ3n) is 2.64. The fourth-order valence-electron chi connectivity index (χ4n) is 1.42. The summed E-state index contributed by atoms with van der Waals surface area (Å²) in [6.45, 7) is 5.74. The molecule has 104 valence electrons. The topological polar surface area (TPSA) is 77.3 Å². The maximum Gasteiger partial charge on any atom is 0.251 e. The Morgan fingerprint density at radius 1 is 1.11 bits per heavy atom. The van der Waals surface area contributed by atoms with Crippen molar-refractivity contribution in [2.45, 2.75) is 20.3 Å². The van der Waals surface area contributed by atoms with Gasteiger partial charge >= 0.3 is 0 Å². The van der Waals surface area contributed by atoms with Crippen LogP contribution in [-0.4, -0.2) is 43.7 Å². The van der Waals surface area contributed by atoms with Crippen molar-refractivity contribution in [1.29, 1.82) is 5.26 Å². The molecule has 0 aliphatic rings. The number of rotatable bonds is 8. The lowest BCUT2D eigenvalue weighted by molar-refractivity contribution is 0.0792. The maximum absolute atomic E-state index is 9.08. The van der Waals surface area contributed by atoms with E-state index in [9.17, 15) is 0 Å². The highest BCUT2D eigenvalue weighted by Gasteiger charge is 2.11. The Hall–Kier alpha value is -1.71. The molecule has 1 aromatic heterocycles. The minimum atomic E-state index is 0.270. The summed E-state index contributed by atoms with van der Waals surface area (Å²) in [5.41, 5.74) is 1.97. The summed E-state index contributed by atoms with van der Waals surface area (Å²) < 4.78 is 15.7. The van der Waals surface area contributed by atoms with E-state index in [-0.39, 0.29) is 5.88 Å². The van der Waals surface area contributed by atoms with Gasteiger partial charge in [-0.05, 0) is 25.8 Å². The van der Waals surface area contributed by atoms with Gasteiger partial charge in [-0.15, -0.1) is 5.10 Å². The number of hydrogen-bond donors (Lipinski definition) is 0. The molecule has 0 saturated heterocycles. The Bertz CT molecular complexity index is 443. The van der Waals surface area contributed by atoms with Crippen molar-refractivity contribution in [3.05, 3.63) is 16.8 Å². The van der Waals surface area contributed by atoms with E-state index >= 15 is 0 Å². The zero-order chi connectivity index (χ0) is 14.1. The molecule has 0 N–H and O–H groups in total. The first-order chi connectivity index (χ1) is 9.20. The van der Waals surface area contributed by atoms with E-state index in [4.69, 9.17) is 19.5 Å². The predicted octanol–water partition coefficient (Wildman–Crippen LogP) is 1.40. The van der Waals surface area contributed by atoms with Crippen LogP contribution < -0.4 is 4.74 Å². The summed E-state index contributed by atoms with van der Waals surface area (Å²) in [6, 6.07) is 2.09. The zero-order valence-corrected chi connectivity index (χ0v) is 11.6. The Morgan fingerprint density at radius 2 is 1.89 bits per heavy atom. The molecule has 1 aromatic rings. The Labute approximate surface area is 113 Å². The lowest BCUT2D eigenvalue weighted by atomic mass is 10.1. The fourth-order valence-corrected chi connectivity index (χ4v) is 1.42. The van der Waals surface area contributed by atoms with Crippen molar-refractivity contribution in [2.75, 3.05) is 33.5 Å². The van der Waals surface area contributed by atoms with Gasteiger partial charge in [0.2, 0.25) is 0 Å². The summed E-state index contributed by atoms with van der Waals surface area (Å²) >= 11 is 0. The molecule has 19 heavy (non-hydrogen) atoms. The normalized spacial score (nSPS) is 10.2. The molecule has 6 heteroatoms. The predicted molar refractivity (Wildman–Crippen MR) is 69.0 cm³/mol. The third kappa shape index (κ3) is 4.81. The van der Waals surface area contributed by atoms with E-state index in [1.165, 1.54) is 0 Å². The van der Waals surface area contributed by atoms with Crippen LogP contribution in [0.25, 0.3) is 0 Å². The number of ether oxygens (including phenoxy) is 3. The van der Waals surface area contributed by atoms with Crippen molar-refractivity contribution < 1.29 is 14.2 Å². The van der Waals surface area contributed by atoms with Crippen LogP contribution >= 0.6 is 0 Å². The zero-order valence-electron chi connectivity index (χ0n) is 11.6. The van der Waals surface area contributed by atoms with Crippen LogP contribution in [0.2, 0.25) is 0 Å². The lowest BCUT2D eigenvalue weighted by Crippen LogP contribution is -2.11. The molecule has 6 nitrogen and oxygen atoms in total. The summed E-state index contributed by atoms with van der Waals surface area (Å²) in [6.07, 6.45) is 0.851. The van der Waals surface area contributed by atoms with E-state index in [1.54, 1.807) is 7.11 Å². The first kappa shape index (κ1) is 15.3. The molecule has 0 atom stereocenters. The molecule has 1 heterocycles. The number of methoxy groups -OCH3 is 1. The standard InChI is InChI=1S/C13H19N3O3/c1-10-11(2)15-16-13(12(10)9-14)19-8-7-18-6-4-5-17-3/h4-8H2,1-3H3. The highest BCUT2D eigenvalue weighted by molar-refractivity contribution is 5.44. The molecule has 0 aliphatic heterocycles. The lowest BCUT2D eigenvalue weighted by Gasteiger charge is -2.09. The second-order valence-corrected chi connectivity index (χ2v) is 4.01. The molecule has 0 unspecified atom stereocenters. The molecule has 0 fully saturated rings. The van der Waals surface area contributed by atoms with Gasteiger partial charge in [-0.2, -0.15) is 10.4 Å². The van der Waals surface area contributed by atoms with Gasteiger partial charge in [0.1, 0.15) is 18.2 Å². The average molecular weight is 265 g/mol. The Balaban J connectivity index is 2.38. The summed E-state index contributed by atoms with van der Waals surface area (Å²) in [7, 11) is 1.66. The molecule has 0 radical (unpaired) electrons. The molecule has 0 bridgehead atoms. The van der Waals surface area contributed by atoms with Crippen molar-refractivity contribution in [1.82, 2.24) is 10.2 Å². The molecular weight excluding hydrogens is 246 g/mol. The highest BCUT2D eigenvalue weighted by Crippen LogP contribution is 2.18. The van der Waals surface area contributed by atoms with Gasteiger partial charge in [-0.1, -0.05) is 0 Å². The molecule has 0 amide bonds. The summed E-state index contributed by atoms with van der Waals surface area (Å²) in [5, 5.41) is 16.9. The van der Waals surface area contributed by atoms with Crippen LogP contribution in [0.3, 0.4) is 0 Å². The van der Waals surface area contributed by atoms with Crippen LogP contribution in [0, 0.1) is 25.2 Å². The summed E-state index contributed by atoms with van der Waals surface area (Å²) in [4.78, 5) is 0. The first-order valence-electron chi connectivity index (χ1n) is 6.14. The monoisotopic (exact) mass is 265 g/mol. The van der Waals surface area contributed by atoms with Crippen molar-refractivity contribution in [3.8, 4) is 11.9 Å². The maximum atomic E-state index is 9.08. The van der Waals surface area contributed by atoms with Crippen molar-refractivity contribution in [3.63, 3.8) is 0 Å². The Kier molecular flexibility index (Phi) is 6.79. The van der Waals surface area contributed by atoms with E-state index in [2.05, 4.69) is 16.3 Å². The minimum Gasteiger partial charge on any atom is -0.473 e. The van der Waals surface area contributed by atoms with E-state index in [1.807, 2.05) is 13.8 Å². The van der Waals surface area contributed by atoms with Gasteiger partial charge in [-0.25, -0.2) is 0 Å². The molecule has 1 rings (SSSR count). The second kappa shape index (κ2) is 8.40. The molecular formula is C13H19N3O3. The van der Waals surface area contributed by atoms with E-state index < -0.39 is 0 Å². The largest absolute Gasteiger partial charge is 0.473 e. The molecule has 0 saturated carbocycles. The average Bonchev–Trinajstić information content (AvgIpc) is 2.42. The number of nitriles is 1. The van der Waals surface area contributed by atoms with E-state index in [0.717, 1.165) is 17.7 Å².